The molecule has 2 N–H and O–H groups in total. The van der Waals surface area contributed by atoms with Crippen molar-refractivity contribution in [2.45, 2.75) is 25.1 Å². The number of carbonyl (C=O) groups excluding carboxylic acids is 1. The number of nitrogens with one attached hydrogen (secondary N) is 1. The van der Waals surface area contributed by atoms with E-state index in [2.05, 4.69) is 10.3 Å². The first kappa shape index (κ1) is 14.6. The van der Waals surface area contributed by atoms with Crippen LogP contribution in [-0.4, -0.2) is 40.2 Å². The summed E-state index contributed by atoms with van der Waals surface area (Å²) in [6.07, 6.45) is -2.02. The topological polar surface area (TPSA) is 65.5 Å². The number of alkyl halides is 3. The molecule has 2 rings (SSSR count). The molecule has 0 radical (unpaired) electrons. The lowest BCUT2D eigenvalue weighted by atomic mass is 10.2. The number of halogens is 3. The molecule has 0 spiro atoms. The van der Waals surface area contributed by atoms with E-state index in [1.165, 1.54) is 4.90 Å². The summed E-state index contributed by atoms with van der Waals surface area (Å²) in [4.78, 5) is 16.7. The minimum absolute atomic E-state index is 0.126. The zero-order valence-electron chi connectivity index (χ0n) is 10.5. The molecule has 1 atom stereocenters. The fourth-order valence-electron chi connectivity index (χ4n) is 2.12. The molecule has 20 heavy (non-hydrogen) atoms. The van der Waals surface area contributed by atoms with Crippen LogP contribution < -0.4 is 5.32 Å². The summed E-state index contributed by atoms with van der Waals surface area (Å²) in [7, 11) is 0. The van der Waals surface area contributed by atoms with Gasteiger partial charge in [0, 0.05) is 6.54 Å². The molecular formula is C12H14F3N3O2. The molecule has 110 valence electrons. The number of nitrogens with zero attached hydrogens (tertiary/aromatic N) is 2. The van der Waals surface area contributed by atoms with Gasteiger partial charge < -0.3 is 15.3 Å². The Kier molecular flexibility index (Phi) is 4.12. The van der Waals surface area contributed by atoms with Crippen LogP contribution in [-0.2, 0) is 6.18 Å². The third-order valence-corrected chi connectivity index (χ3v) is 3.15. The number of aliphatic hydroxyl groups excluding tert-OH is 1. The van der Waals surface area contributed by atoms with Crippen molar-refractivity contribution in [3.63, 3.8) is 0 Å². The van der Waals surface area contributed by atoms with Crippen molar-refractivity contribution in [1.82, 2.24) is 9.88 Å². The molecule has 1 aliphatic heterocycles. The van der Waals surface area contributed by atoms with Gasteiger partial charge in [-0.3, -0.25) is 0 Å². The predicted octanol–water partition coefficient (Wildman–Crippen LogP) is 2.09. The van der Waals surface area contributed by atoms with Crippen LogP contribution in [0, 0.1) is 0 Å². The van der Waals surface area contributed by atoms with Gasteiger partial charge in [0.05, 0.1) is 24.5 Å². The second kappa shape index (κ2) is 5.66. The van der Waals surface area contributed by atoms with E-state index in [0.29, 0.717) is 6.54 Å². The first-order valence-electron chi connectivity index (χ1n) is 6.13. The number of hydrogen-bond acceptors (Lipinski definition) is 3. The number of anilines is 1. The zero-order valence-corrected chi connectivity index (χ0v) is 10.5. The molecule has 2 heterocycles. The highest BCUT2D eigenvalue weighted by Crippen LogP contribution is 2.28. The second-order valence-corrected chi connectivity index (χ2v) is 4.53. The fraction of sp³-hybridized carbons (Fsp3) is 0.500. The van der Waals surface area contributed by atoms with E-state index in [0.717, 1.165) is 31.2 Å². The van der Waals surface area contributed by atoms with E-state index in [1.807, 2.05) is 0 Å². The Morgan fingerprint density at radius 3 is 2.80 bits per heavy atom. The highest BCUT2D eigenvalue weighted by atomic mass is 19.4. The summed E-state index contributed by atoms with van der Waals surface area (Å²) in [5.41, 5.74) is -0.823. The molecule has 1 aromatic heterocycles. The maximum absolute atomic E-state index is 12.3. The predicted molar refractivity (Wildman–Crippen MR) is 65.1 cm³/mol. The average Bonchev–Trinajstić information content (AvgIpc) is 2.86. The van der Waals surface area contributed by atoms with Gasteiger partial charge >= 0.3 is 12.2 Å². The highest BCUT2D eigenvalue weighted by molar-refractivity contribution is 5.89. The smallest absolute Gasteiger partial charge is 0.394 e. The molecule has 0 aromatic carbocycles. The molecule has 1 saturated heterocycles. The molecule has 0 aliphatic carbocycles. The summed E-state index contributed by atoms with van der Waals surface area (Å²) in [5, 5.41) is 11.6. The molecule has 0 bridgehead atoms. The first-order chi connectivity index (χ1) is 9.41. The number of likely N-dealkylation sites (tertiary alicyclic amines) is 1. The highest BCUT2D eigenvalue weighted by Gasteiger charge is 2.32. The van der Waals surface area contributed by atoms with Crippen molar-refractivity contribution in [3.05, 3.63) is 24.0 Å². The Bertz CT molecular complexity index is 476. The summed E-state index contributed by atoms with van der Waals surface area (Å²) in [6, 6.07) is 1.28. The largest absolute Gasteiger partial charge is 0.433 e. The minimum Gasteiger partial charge on any atom is -0.394 e. The van der Waals surface area contributed by atoms with Crippen LogP contribution in [0.1, 0.15) is 18.5 Å². The molecule has 0 saturated carbocycles. The number of urea groups is 1. The maximum Gasteiger partial charge on any atom is 0.433 e. The normalized spacial score (nSPS) is 19.2. The van der Waals surface area contributed by atoms with E-state index >= 15 is 0 Å². The first-order valence-corrected chi connectivity index (χ1v) is 6.13. The van der Waals surface area contributed by atoms with Crippen molar-refractivity contribution >= 4 is 11.7 Å². The number of aliphatic hydroxyl groups is 1. The molecule has 1 fully saturated rings. The fourth-order valence-corrected chi connectivity index (χ4v) is 2.12. The number of rotatable bonds is 2. The molecule has 1 aliphatic rings. The Morgan fingerprint density at radius 1 is 1.50 bits per heavy atom. The van der Waals surface area contributed by atoms with Gasteiger partial charge in [0.15, 0.2) is 0 Å². The quantitative estimate of drug-likeness (QED) is 0.876. The maximum atomic E-state index is 12.3. The lowest BCUT2D eigenvalue weighted by Gasteiger charge is -2.23. The van der Waals surface area contributed by atoms with Crippen LogP contribution in [0.15, 0.2) is 18.3 Å². The van der Waals surface area contributed by atoms with Crippen LogP contribution in [0.2, 0.25) is 0 Å². The summed E-state index contributed by atoms with van der Waals surface area (Å²) in [5.74, 6) is 0. The Morgan fingerprint density at radius 2 is 2.25 bits per heavy atom. The van der Waals surface area contributed by atoms with Gasteiger partial charge in [-0.2, -0.15) is 13.2 Å². The molecular weight excluding hydrogens is 275 g/mol. The number of carbonyl (C=O) groups is 1. The van der Waals surface area contributed by atoms with Crippen molar-refractivity contribution in [2.24, 2.45) is 0 Å². The van der Waals surface area contributed by atoms with E-state index in [1.54, 1.807) is 0 Å². The van der Waals surface area contributed by atoms with Crippen molar-refractivity contribution in [3.8, 4) is 0 Å². The van der Waals surface area contributed by atoms with Crippen LogP contribution in [0.25, 0.3) is 0 Å². The van der Waals surface area contributed by atoms with Gasteiger partial charge in [0.2, 0.25) is 0 Å². The SMILES string of the molecule is O=C(Nc1ccc(C(F)(F)F)nc1)N1CCCC1CO. The Hall–Kier alpha value is -1.83. The van der Waals surface area contributed by atoms with Gasteiger partial charge in [-0.05, 0) is 25.0 Å². The lowest BCUT2D eigenvalue weighted by Crippen LogP contribution is -2.40. The lowest BCUT2D eigenvalue weighted by molar-refractivity contribution is -0.141. The standard InChI is InChI=1S/C12H14F3N3O2/c13-12(14,15)10-4-3-8(6-16-10)17-11(20)18-5-1-2-9(18)7-19/h3-4,6,9,19H,1-2,5,7H2,(H,17,20). The Labute approximate surface area is 113 Å². The van der Waals surface area contributed by atoms with E-state index in [-0.39, 0.29) is 18.3 Å². The van der Waals surface area contributed by atoms with Gasteiger partial charge in [-0.15, -0.1) is 0 Å². The number of hydrogen-bond donors (Lipinski definition) is 2. The molecule has 1 aromatic rings. The van der Waals surface area contributed by atoms with Crippen LogP contribution in [0.5, 0.6) is 0 Å². The summed E-state index contributed by atoms with van der Waals surface area (Å²) < 4.78 is 37.0. The van der Waals surface area contributed by atoms with Crippen molar-refractivity contribution in [1.29, 1.82) is 0 Å². The van der Waals surface area contributed by atoms with Crippen LogP contribution in [0.4, 0.5) is 23.7 Å². The van der Waals surface area contributed by atoms with Crippen molar-refractivity contribution in [2.75, 3.05) is 18.5 Å². The van der Waals surface area contributed by atoms with Crippen LogP contribution in [0.3, 0.4) is 0 Å². The van der Waals surface area contributed by atoms with Gasteiger partial charge in [0.25, 0.3) is 0 Å². The summed E-state index contributed by atoms with van der Waals surface area (Å²) >= 11 is 0. The third kappa shape index (κ3) is 3.19. The number of pyridine rings is 1. The van der Waals surface area contributed by atoms with Gasteiger partial charge in [-0.25, -0.2) is 9.78 Å². The molecule has 1 unspecified atom stereocenters. The third-order valence-electron chi connectivity index (χ3n) is 3.15. The van der Waals surface area contributed by atoms with Gasteiger partial charge in [-0.1, -0.05) is 0 Å². The minimum atomic E-state index is -4.50. The second-order valence-electron chi connectivity index (χ2n) is 4.53. The molecule has 5 nitrogen and oxygen atoms in total. The van der Waals surface area contributed by atoms with E-state index in [4.69, 9.17) is 5.11 Å². The van der Waals surface area contributed by atoms with Crippen molar-refractivity contribution < 1.29 is 23.1 Å². The van der Waals surface area contributed by atoms with E-state index in [9.17, 15) is 18.0 Å². The van der Waals surface area contributed by atoms with Gasteiger partial charge in [0.1, 0.15) is 5.69 Å². The Balaban J connectivity index is 2.01. The average molecular weight is 289 g/mol. The number of amides is 2. The van der Waals surface area contributed by atoms with Crippen LogP contribution >= 0.6 is 0 Å². The van der Waals surface area contributed by atoms with E-state index < -0.39 is 17.9 Å². The summed E-state index contributed by atoms with van der Waals surface area (Å²) in [6.45, 7) is 0.393. The zero-order chi connectivity index (χ0) is 14.8. The monoisotopic (exact) mass is 289 g/mol. The molecule has 2 amide bonds. The molecule has 8 heteroatoms. The number of aromatic nitrogens is 1.